The van der Waals surface area contributed by atoms with Crippen molar-refractivity contribution in [2.24, 2.45) is 5.92 Å². The van der Waals surface area contributed by atoms with Crippen LogP contribution in [0.2, 0.25) is 0 Å². The molecule has 1 unspecified atom stereocenters. The molecule has 1 aliphatic heterocycles. The number of hydrogen-bond acceptors (Lipinski definition) is 4. The normalized spacial score (nSPS) is 20.4. The zero-order chi connectivity index (χ0) is 18.2. The molecular formula is C20H30ClN3O2S. The molecule has 0 spiro atoms. The summed E-state index contributed by atoms with van der Waals surface area (Å²) in [5, 5.41) is 9.41. The molecule has 1 saturated carbocycles. The molecule has 2 aliphatic rings. The van der Waals surface area contributed by atoms with E-state index in [4.69, 9.17) is 0 Å². The van der Waals surface area contributed by atoms with Crippen LogP contribution in [0.1, 0.15) is 44.1 Å². The predicted octanol–water partition coefficient (Wildman–Crippen LogP) is 3.34. The summed E-state index contributed by atoms with van der Waals surface area (Å²) in [6, 6.07) is 8.04. The Morgan fingerprint density at radius 2 is 2.00 bits per heavy atom. The summed E-state index contributed by atoms with van der Waals surface area (Å²) < 4.78 is 0. The molecule has 7 heteroatoms. The van der Waals surface area contributed by atoms with Crippen LogP contribution in [0.5, 0.6) is 0 Å². The van der Waals surface area contributed by atoms with Crippen LogP contribution in [-0.4, -0.2) is 35.9 Å². The lowest BCUT2D eigenvalue weighted by Crippen LogP contribution is -2.41. The van der Waals surface area contributed by atoms with E-state index >= 15 is 0 Å². The van der Waals surface area contributed by atoms with Gasteiger partial charge in [-0.2, -0.15) is 11.8 Å². The van der Waals surface area contributed by atoms with Crippen LogP contribution in [0.4, 0.5) is 5.69 Å². The Balaban J connectivity index is 0.00000261. The maximum atomic E-state index is 12.4. The first kappa shape index (κ1) is 22.1. The monoisotopic (exact) mass is 411 g/mol. The smallest absolute Gasteiger partial charge is 0.227 e. The fourth-order valence-electron chi connectivity index (χ4n) is 3.62. The molecule has 1 atom stereocenters. The molecule has 3 rings (SSSR count). The average Bonchev–Trinajstić information content (AvgIpc) is 2.68. The van der Waals surface area contributed by atoms with Gasteiger partial charge in [-0.15, -0.1) is 12.4 Å². The summed E-state index contributed by atoms with van der Waals surface area (Å²) in [4.78, 5) is 24.5. The number of benzene rings is 1. The number of thioether (sulfide) groups is 1. The van der Waals surface area contributed by atoms with Gasteiger partial charge in [0.15, 0.2) is 0 Å². The third-order valence-corrected chi connectivity index (χ3v) is 6.22. The number of amides is 2. The molecule has 27 heavy (non-hydrogen) atoms. The van der Waals surface area contributed by atoms with E-state index in [-0.39, 0.29) is 36.2 Å². The van der Waals surface area contributed by atoms with Crippen LogP contribution in [0.25, 0.3) is 0 Å². The molecule has 2 fully saturated rings. The third-order valence-electron chi connectivity index (χ3n) is 5.09. The highest BCUT2D eigenvalue weighted by molar-refractivity contribution is 7.99. The van der Waals surface area contributed by atoms with Gasteiger partial charge in [0.25, 0.3) is 0 Å². The summed E-state index contributed by atoms with van der Waals surface area (Å²) in [5.41, 5.74) is 1.82. The fraction of sp³-hybridized carbons (Fsp3) is 0.600. The van der Waals surface area contributed by atoms with Gasteiger partial charge in [0.05, 0.1) is 0 Å². The number of hydrogen-bond donors (Lipinski definition) is 3. The molecule has 0 bridgehead atoms. The fourth-order valence-corrected chi connectivity index (χ4v) is 4.56. The van der Waals surface area contributed by atoms with Gasteiger partial charge in [0.2, 0.25) is 11.8 Å². The molecule has 0 radical (unpaired) electrons. The van der Waals surface area contributed by atoms with E-state index in [0.29, 0.717) is 13.0 Å². The molecule has 1 aromatic rings. The lowest BCUT2D eigenvalue weighted by molar-refractivity contribution is -0.122. The lowest BCUT2D eigenvalue weighted by Gasteiger charge is -2.22. The first-order valence-corrected chi connectivity index (χ1v) is 10.8. The van der Waals surface area contributed by atoms with Crippen LogP contribution >= 0.6 is 24.2 Å². The number of nitrogens with one attached hydrogen (secondary N) is 3. The van der Waals surface area contributed by atoms with Crippen molar-refractivity contribution in [3.05, 3.63) is 29.8 Å². The Morgan fingerprint density at radius 3 is 2.74 bits per heavy atom. The van der Waals surface area contributed by atoms with Crippen molar-refractivity contribution in [2.45, 2.75) is 51.1 Å². The number of carbonyl (C=O) groups is 2. The van der Waals surface area contributed by atoms with Gasteiger partial charge in [-0.05, 0) is 30.5 Å². The van der Waals surface area contributed by atoms with Gasteiger partial charge in [0.1, 0.15) is 0 Å². The van der Waals surface area contributed by atoms with E-state index < -0.39 is 0 Å². The van der Waals surface area contributed by atoms with Crippen molar-refractivity contribution in [2.75, 3.05) is 23.4 Å². The van der Waals surface area contributed by atoms with Gasteiger partial charge in [-0.25, -0.2) is 0 Å². The topological polar surface area (TPSA) is 70.2 Å². The van der Waals surface area contributed by atoms with Crippen molar-refractivity contribution in [1.82, 2.24) is 10.6 Å². The first-order chi connectivity index (χ1) is 12.7. The molecule has 2 amide bonds. The van der Waals surface area contributed by atoms with E-state index in [9.17, 15) is 9.59 Å². The molecule has 1 aromatic carbocycles. The maximum absolute atomic E-state index is 12.4. The number of anilines is 1. The van der Waals surface area contributed by atoms with Crippen LogP contribution in [0, 0.1) is 5.92 Å². The Labute approximate surface area is 172 Å². The Hall–Kier alpha value is -1.24. The molecule has 3 N–H and O–H groups in total. The molecule has 150 valence electrons. The van der Waals surface area contributed by atoms with Gasteiger partial charge in [-0.3, -0.25) is 9.59 Å². The van der Waals surface area contributed by atoms with Crippen molar-refractivity contribution >= 4 is 41.7 Å². The van der Waals surface area contributed by atoms with Crippen LogP contribution in [0.15, 0.2) is 24.3 Å². The second kappa shape index (κ2) is 11.6. The highest BCUT2D eigenvalue weighted by Gasteiger charge is 2.21. The zero-order valence-corrected chi connectivity index (χ0v) is 17.3. The zero-order valence-electron chi connectivity index (χ0n) is 15.7. The molecule has 0 aromatic heterocycles. The third kappa shape index (κ3) is 7.35. The van der Waals surface area contributed by atoms with Crippen molar-refractivity contribution in [3.63, 3.8) is 0 Å². The van der Waals surface area contributed by atoms with Crippen LogP contribution in [0.3, 0.4) is 0 Å². The van der Waals surface area contributed by atoms with Crippen molar-refractivity contribution in [1.29, 1.82) is 0 Å². The van der Waals surface area contributed by atoms with Crippen LogP contribution < -0.4 is 16.0 Å². The lowest BCUT2D eigenvalue weighted by atomic mass is 9.88. The quantitative estimate of drug-likeness (QED) is 0.671. The Morgan fingerprint density at radius 1 is 1.19 bits per heavy atom. The van der Waals surface area contributed by atoms with E-state index in [1.807, 2.05) is 36.0 Å². The summed E-state index contributed by atoms with van der Waals surface area (Å²) >= 11 is 1.90. The minimum absolute atomic E-state index is 0. The van der Waals surface area contributed by atoms with Gasteiger partial charge >= 0.3 is 0 Å². The van der Waals surface area contributed by atoms with Crippen LogP contribution in [-0.2, 0) is 16.1 Å². The summed E-state index contributed by atoms with van der Waals surface area (Å²) in [7, 11) is 0. The summed E-state index contributed by atoms with van der Waals surface area (Å²) in [6.07, 6.45) is 6.06. The number of halogens is 1. The maximum Gasteiger partial charge on any atom is 0.227 e. The van der Waals surface area contributed by atoms with Crippen molar-refractivity contribution in [3.8, 4) is 0 Å². The minimum atomic E-state index is 0. The average molecular weight is 412 g/mol. The van der Waals surface area contributed by atoms with Gasteiger partial charge < -0.3 is 16.0 Å². The minimum Gasteiger partial charge on any atom is -0.352 e. The molecule has 1 heterocycles. The molecule has 5 nitrogen and oxygen atoms in total. The van der Waals surface area contributed by atoms with Gasteiger partial charge in [-0.1, -0.05) is 31.4 Å². The Kier molecular flexibility index (Phi) is 9.45. The summed E-state index contributed by atoms with van der Waals surface area (Å²) in [5.74, 6) is 2.47. The highest BCUT2D eigenvalue weighted by atomic mass is 35.5. The van der Waals surface area contributed by atoms with Gasteiger partial charge in [0, 0.05) is 48.7 Å². The van der Waals surface area contributed by atoms with E-state index in [1.54, 1.807) is 0 Å². The molecular weight excluding hydrogens is 382 g/mol. The standard InChI is InChI=1S/C20H29N3O2S.ClH/c24-19(12-18-14-26-10-9-21-18)22-13-15-5-4-8-17(11-15)23-20(25)16-6-2-1-3-7-16;/h4-5,8,11,16,18,21H,1-3,6-7,9-10,12-14H2,(H,22,24)(H,23,25);1H. The highest BCUT2D eigenvalue weighted by Crippen LogP contribution is 2.25. The Bertz CT molecular complexity index is 617. The predicted molar refractivity (Wildman–Crippen MR) is 114 cm³/mol. The summed E-state index contributed by atoms with van der Waals surface area (Å²) in [6.45, 7) is 1.47. The van der Waals surface area contributed by atoms with E-state index in [2.05, 4.69) is 16.0 Å². The number of rotatable bonds is 6. The second-order valence-corrected chi connectivity index (χ2v) is 8.38. The molecule has 1 aliphatic carbocycles. The van der Waals surface area contributed by atoms with E-state index in [1.165, 1.54) is 6.42 Å². The molecule has 1 saturated heterocycles. The SMILES string of the molecule is Cl.O=C(CC1CSCCN1)NCc1cccc(NC(=O)C2CCCCC2)c1. The first-order valence-electron chi connectivity index (χ1n) is 9.68. The van der Waals surface area contributed by atoms with E-state index in [0.717, 1.165) is 55.0 Å². The van der Waals surface area contributed by atoms with Crippen molar-refractivity contribution < 1.29 is 9.59 Å². The largest absolute Gasteiger partial charge is 0.352 e. The number of carbonyl (C=O) groups excluding carboxylic acids is 2. The second-order valence-electron chi connectivity index (χ2n) is 7.23.